The molecule has 2 aromatic rings. The first-order valence-corrected chi connectivity index (χ1v) is 16.1. The van der Waals surface area contributed by atoms with Crippen LogP contribution in [0, 0.1) is 11.3 Å². The molecule has 4 rings (SSSR count). The van der Waals surface area contributed by atoms with E-state index in [9.17, 15) is 40.7 Å². The van der Waals surface area contributed by atoms with Crippen LogP contribution in [0.1, 0.15) is 92.6 Å². The summed E-state index contributed by atoms with van der Waals surface area (Å²) in [5.74, 6) is -0.793. The molecule has 0 aromatic heterocycles. The lowest BCUT2D eigenvalue weighted by Gasteiger charge is -2.36. The van der Waals surface area contributed by atoms with Crippen LogP contribution in [-0.2, 0) is 26.6 Å². The standard InChI is InChI=1S/C36H42F6N2O6/c1-19(2)29(32(46)49-8)43(6)31(45)21-9-10-28(48-7)27(15-21)26-11-12-34(4,5)17-23(26)18-44-20(3)30(50-33(44)47)22-13-24(35(37,38)39)16-25(14-22)36(40,41)42/h9-10,13-16,19-20,29-30H,11-12,17-18H2,1-8H3/t20-,29?,30-/m0/s1. The molecule has 2 amide bonds. The number of alkyl halides is 6. The number of allylic oxidation sites excluding steroid dienone is 1. The van der Waals surface area contributed by atoms with Gasteiger partial charge in [-0.05, 0) is 90.6 Å². The summed E-state index contributed by atoms with van der Waals surface area (Å²) in [4.78, 5) is 42.1. The zero-order valence-corrected chi connectivity index (χ0v) is 29.2. The Labute approximate surface area is 287 Å². The number of ether oxygens (including phenoxy) is 3. The van der Waals surface area contributed by atoms with Gasteiger partial charge in [0.2, 0.25) is 0 Å². The third-order valence-electron chi connectivity index (χ3n) is 9.45. The van der Waals surface area contributed by atoms with Crippen LogP contribution in [0.4, 0.5) is 31.1 Å². The quantitative estimate of drug-likeness (QED) is 0.191. The van der Waals surface area contributed by atoms with Gasteiger partial charge in [-0.25, -0.2) is 9.59 Å². The average Bonchev–Trinajstić information content (AvgIpc) is 3.31. The van der Waals surface area contributed by atoms with E-state index in [2.05, 4.69) is 0 Å². The summed E-state index contributed by atoms with van der Waals surface area (Å²) in [5.41, 5.74) is -1.22. The predicted octanol–water partition coefficient (Wildman–Crippen LogP) is 8.55. The van der Waals surface area contributed by atoms with Crippen molar-refractivity contribution in [3.8, 4) is 5.75 Å². The minimum Gasteiger partial charge on any atom is -0.496 e. The van der Waals surface area contributed by atoms with Gasteiger partial charge in [-0.15, -0.1) is 0 Å². The maximum Gasteiger partial charge on any atom is 0.416 e. The lowest BCUT2D eigenvalue weighted by atomic mass is 9.72. The first kappa shape index (κ1) is 38.6. The van der Waals surface area contributed by atoms with Gasteiger partial charge in [0.05, 0.1) is 31.4 Å². The van der Waals surface area contributed by atoms with Crippen molar-refractivity contribution >= 4 is 23.5 Å². The summed E-state index contributed by atoms with van der Waals surface area (Å²) in [7, 11) is 4.24. The van der Waals surface area contributed by atoms with Crippen LogP contribution < -0.4 is 4.74 Å². The number of carbonyl (C=O) groups excluding carboxylic acids is 3. The number of halogens is 6. The molecule has 274 valence electrons. The van der Waals surface area contributed by atoms with Crippen LogP contribution in [-0.4, -0.2) is 67.7 Å². The minimum atomic E-state index is -5.06. The molecule has 0 saturated carbocycles. The second-order valence-corrected chi connectivity index (χ2v) is 14.0. The van der Waals surface area contributed by atoms with Crippen LogP contribution in [0.5, 0.6) is 5.75 Å². The van der Waals surface area contributed by atoms with E-state index < -0.39 is 65.2 Å². The monoisotopic (exact) mass is 712 g/mol. The van der Waals surface area contributed by atoms with Crippen molar-refractivity contribution in [1.82, 2.24) is 9.80 Å². The van der Waals surface area contributed by atoms with E-state index in [-0.39, 0.29) is 29.5 Å². The van der Waals surface area contributed by atoms with Crippen molar-refractivity contribution in [2.45, 2.75) is 84.4 Å². The first-order valence-electron chi connectivity index (χ1n) is 16.1. The normalized spacial score (nSPS) is 20.1. The molecule has 1 fully saturated rings. The molecular formula is C36H42F6N2O6. The highest BCUT2D eigenvalue weighted by Crippen LogP contribution is 2.47. The van der Waals surface area contributed by atoms with E-state index in [4.69, 9.17) is 14.2 Å². The summed E-state index contributed by atoms with van der Waals surface area (Å²) in [6.07, 6.45) is -10.7. The maximum absolute atomic E-state index is 13.7. The summed E-state index contributed by atoms with van der Waals surface area (Å²) in [6.45, 7) is 9.17. The van der Waals surface area contributed by atoms with Crippen LogP contribution in [0.15, 0.2) is 42.0 Å². The lowest BCUT2D eigenvalue weighted by molar-refractivity contribution is -0.147. The third-order valence-corrected chi connectivity index (χ3v) is 9.45. The Morgan fingerprint density at radius 2 is 1.62 bits per heavy atom. The number of nitrogens with zero attached hydrogens (tertiary/aromatic N) is 2. The Kier molecular flexibility index (Phi) is 10.9. The molecule has 0 N–H and O–H groups in total. The molecule has 3 atom stereocenters. The summed E-state index contributed by atoms with van der Waals surface area (Å²) < 4.78 is 97.8. The number of carbonyl (C=O) groups is 3. The lowest BCUT2D eigenvalue weighted by Crippen LogP contribution is -2.46. The molecule has 0 radical (unpaired) electrons. The highest BCUT2D eigenvalue weighted by Gasteiger charge is 2.44. The molecule has 1 aliphatic heterocycles. The molecule has 1 heterocycles. The van der Waals surface area contributed by atoms with Gasteiger partial charge in [0.25, 0.3) is 5.91 Å². The largest absolute Gasteiger partial charge is 0.496 e. The van der Waals surface area contributed by atoms with E-state index in [1.165, 1.54) is 38.0 Å². The smallest absolute Gasteiger partial charge is 0.416 e. The second-order valence-electron chi connectivity index (χ2n) is 14.0. The van der Waals surface area contributed by atoms with Crippen LogP contribution in [0.3, 0.4) is 0 Å². The molecule has 14 heteroatoms. The topological polar surface area (TPSA) is 85.4 Å². The maximum atomic E-state index is 13.7. The molecule has 1 saturated heterocycles. The number of esters is 1. The molecule has 2 aliphatic rings. The van der Waals surface area contributed by atoms with Crippen molar-refractivity contribution in [2.24, 2.45) is 11.3 Å². The highest BCUT2D eigenvalue weighted by molar-refractivity contribution is 5.98. The Bertz CT molecular complexity index is 1630. The SMILES string of the molecule is COC(=O)C(C(C)C)N(C)C(=O)c1ccc(OC)c(C2=C(CN3C(=O)O[C@H](c4cc(C(F)(F)F)cc(C(F)(F)F)c4)[C@@H]3C)CC(C)(C)CC2)c1. The Hall–Kier alpha value is -4.23. The van der Waals surface area contributed by atoms with Crippen molar-refractivity contribution in [3.63, 3.8) is 0 Å². The van der Waals surface area contributed by atoms with E-state index >= 15 is 0 Å². The molecule has 2 aromatic carbocycles. The number of methoxy groups -OCH3 is 2. The van der Waals surface area contributed by atoms with Gasteiger partial charge in [0, 0.05) is 24.7 Å². The minimum absolute atomic E-state index is 0.0284. The summed E-state index contributed by atoms with van der Waals surface area (Å²) in [6, 6.07) is 4.30. The first-order chi connectivity index (χ1) is 23.1. The van der Waals surface area contributed by atoms with Crippen molar-refractivity contribution in [1.29, 1.82) is 0 Å². The number of likely N-dealkylation sites (N-methyl/N-ethyl adjacent to an activating group) is 1. The van der Waals surface area contributed by atoms with Crippen molar-refractivity contribution in [2.75, 3.05) is 27.8 Å². The number of rotatable bonds is 9. The summed E-state index contributed by atoms with van der Waals surface area (Å²) in [5, 5.41) is 0. The van der Waals surface area contributed by atoms with Crippen LogP contribution >= 0.6 is 0 Å². The number of hydrogen-bond acceptors (Lipinski definition) is 6. The fourth-order valence-electron chi connectivity index (χ4n) is 6.80. The highest BCUT2D eigenvalue weighted by atomic mass is 19.4. The molecule has 1 aliphatic carbocycles. The molecule has 0 bridgehead atoms. The van der Waals surface area contributed by atoms with E-state index in [1.807, 2.05) is 13.8 Å². The van der Waals surface area contributed by atoms with Crippen molar-refractivity contribution < 1.29 is 54.9 Å². The molecule has 50 heavy (non-hydrogen) atoms. The van der Waals surface area contributed by atoms with E-state index in [1.54, 1.807) is 32.0 Å². The zero-order valence-electron chi connectivity index (χ0n) is 29.2. The van der Waals surface area contributed by atoms with Gasteiger partial charge in [0.1, 0.15) is 17.9 Å². The number of benzene rings is 2. The second kappa shape index (κ2) is 14.2. The number of hydrogen-bond donors (Lipinski definition) is 0. The molecular weight excluding hydrogens is 670 g/mol. The predicted molar refractivity (Wildman–Crippen MR) is 172 cm³/mol. The van der Waals surface area contributed by atoms with E-state index in [0.29, 0.717) is 36.3 Å². The average molecular weight is 713 g/mol. The number of cyclic esters (lactones) is 1. The van der Waals surface area contributed by atoms with Gasteiger partial charge in [0.15, 0.2) is 0 Å². The van der Waals surface area contributed by atoms with Gasteiger partial charge in [-0.2, -0.15) is 26.3 Å². The number of amides is 2. The van der Waals surface area contributed by atoms with Crippen LogP contribution in [0.2, 0.25) is 0 Å². The van der Waals surface area contributed by atoms with Gasteiger partial charge in [-0.3, -0.25) is 9.69 Å². The van der Waals surface area contributed by atoms with Crippen LogP contribution in [0.25, 0.3) is 5.57 Å². The van der Waals surface area contributed by atoms with Crippen molar-refractivity contribution in [3.05, 3.63) is 69.8 Å². The van der Waals surface area contributed by atoms with E-state index in [0.717, 1.165) is 17.6 Å². The summed E-state index contributed by atoms with van der Waals surface area (Å²) >= 11 is 0. The third kappa shape index (κ3) is 8.04. The zero-order chi connectivity index (χ0) is 37.5. The van der Waals surface area contributed by atoms with Gasteiger partial charge >= 0.3 is 24.4 Å². The molecule has 1 unspecified atom stereocenters. The Morgan fingerprint density at radius 3 is 2.14 bits per heavy atom. The fourth-order valence-corrected chi connectivity index (χ4v) is 6.80. The Balaban J connectivity index is 1.75. The van der Waals surface area contributed by atoms with Gasteiger partial charge in [-0.1, -0.05) is 27.7 Å². The fraction of sp³-hybridized carbons (Fsp3) is 0.528. The molecule has 8 nitrogen and oxygen atoms in total. The Morgan fingerprint density at radius 1 is 1.02 bits per heavy atom. The molecule has 0 spiro atoms. The van der Waals surface area contributed by atoms with Gasteiger partial charge < -0.3 is 19.1 Å².